The lowest BCUT2D eigenvalue weighted by Crippen LogP contribution is -2.74. The summed E-state index contributed by atoms with van der Waals surface area (Å²) >= 11 is 0.928. The molecule has 0 spiro atoms. The lowest BCUT2D eigenvalue weighted by molar-refractivity contribution is -0.160. The molecule has 2 aliphatic rings. The highest BCUT2D eigenvalue weighted by Crippen LogP contribution is 2.40. The number of carboxylic acids is 1. The molecule has 13 nitrogen and oxygen atoms in total. The van der Waals surface area contributed by atoms with Crippen LogP contribution in [-0.2, 0) is 23.9 Å². The van der Waals surface area contributed by atoms with Gasteiger partial charge in [-0.15, -0.1) is 11.8 Å². The molecule has 0 saturated carbocycles. The first-order chi connectivity index (χ1) is 16.4. The van der Waals surface area contributed by atoms with Crippen molar-refractivity contribution in [1.82, 2.24) is 15.5 Å². The third-order valence-corrected chi connectivity index (χ3v) is 6.13. The van der Waals surface area contributed by atoms with E-state index in [1.165, 1.54) is 5.41 Å². The molecule has 1 saturated heterocycles. The number of thioether (sulfide) groups is 1. The molecule has 1 aromatic carbocycles. The number of hydrogen-bond donors (Lipinski definition) is 3. The standard InChI is InChI=1S/C21H22N6O7S/c1-21(2,3)34-20(33)24-12(10-7-5-4-6-8-10)16(29)23-13-17(30)27-14(19(31)32)11(9-35-18(13)27)15(28)25-26-22/h4-9,12-14,18H,1-3H3,(H,23,29)(H,24,33)(H,31,32)/t12?,13?,14?,18-/m1/s1. The number of alkyl carbamates (subject to hydrolysis) is 1. The van der Waals surface area contributed by atoms with Crippen molar-refractivity contribution in [1.29, 1.82) is 0 Å². The van der Waals surface area contributed by atoms with E-state index in [4.69, 9.17) is 10.3 Å². The number of β-lactam (4-membered cyclic amide) rings is 1. The Balaban J connectivity index is 1.81. The monoisotopic (exact) mass is 502 g/mol. The number of carbonyl (C=O) groups excluding carboxylic acids is 4. The third-order valence-electron chi connectivity index (χ3n) is 4.96. The van der Waals surface area contributed by atoms with E-state index in [1.807, 2.05) is 0 Å². The Morgan fingerprint density at radius 2 is 1.89 bits per heavy atom. The predicted octanol–water partition coefficient (Wildman–Crippen LogP) is 1.83. The number of carbonyl (C=O) groups is 5. The van der Waals surface area contributed by atoms with Gasteiger partial charge in [0.05, 0.1) is 0 Å². The maximum absolute atomic E-state index is 13.1. The number of hydrogen-bond acceptors (Lipinski definition) is 7. The smallest absolute Gasteiger partial charge is 0.408 e. The number of nitrogens with zero attached hydrogens (tertiary/aromatic N) is 4. The van der Waals surface area contributed by atoms with Crippen LogP contribution in [-0.4, -0.2) is 62.8 Å². The van der Waals surface area contributed by atoms with E-state index < -0.39 is 58.9 Å². The second-order valence-corrected chi connectivity index (χ2v) is 9.55. The summed E-state index contributed by atoms with van der Waals surface area (Å²) in [5.41, 5.74) is 7.74. The van der Waals surface area contributed by atoms with Crippen LogP contribution in [0.5, 0.6) is 0 Å². The first kappa shape index (κ1) is 25.6. The molecule has 2 aliphatic heterocycles. The van der Waals surface area contributed by atoms with Crippen molar-refractivity contribution >= 4 is 41.5 Å². The van der Waals surface area contributed by atoms with Crippen molar-refractivity contribution in [3.8, 4) is 0 Å². The maximum atomic E-state index is 13.1. The first-order valence-corrected chi connectivity index (χ1v) is 11.2. The summed E-state index contributed by atoms with van der Waals surface area (Å²) < 4.78 is 5.24. The molecule has 3 unspecified atom stereocenters. The van der Waals surface area contributed by atoms with Gasteiger partial charge in [0.1, 0.15) is 23.1 Å². The van der Waals surface area contributed by atoms with Gasteiger partial charge in [-0.3, -0.25) is 14.4 Å². The minimum Gasteiger partial charge on any atom is -0.479 e. The first-order valence-electron chi connectivity index (χ1n) is 10.3. The zero-order valence-electron chi connectivity index (χ0n) is 18.9. The van der Waals surface area contributed by atoms with Crippen molar-refractivity contribution in [2.45, 2.75) is 49.9 Å². The number of fused-ring (bicyclic) bond motifs is 1. The van der Waals surface area contributed by atoms with Crippen molar-refractivity contribution in [3.63, 3.8) is 0 Å². The fraction of sp³-hybridized carbons (Fsp3) is 0.381. The molecular formula is C21H22N6O7S. The van der Waals surface area contributed by atoms with Gasteiger partial charge in [0.2, 0.25) is 17.7 Å². The van der Waals surface area contributed by atoms with Crippen molar-refractivity contribution in [2.75, 3.05) is 0 Å². The summed E-state index contributed by atoms with van der Waals surface area (Å²) in [6.07, 6.45) is -0.842. The van der Waals surface area contributed by atoms with Gasteiger partial charge in [0.25, 0.3) is 0 Å². The summed E-state index contributed by atoms with van der Waals surface area (Å²) in [5, 5.41) is 17.9. The van der Waals surface area contributed by atoms with Gasteiger partial charge < -0.3 is 25.4 Å². The fourth-order valence-electron chi connectivity index (χ4n) is 3.52. The maximum Gasteiger partial charge on any atom is 0.408 e. The molecule has 4 amide bonds. The Kier molecular flexibility index (Phi) is 7.37. The zero-order chi connectivity index (χ0) is 25.9. The molecule has 0 radical (unpaired) electrons. The Morgan fingerprint density at radius 3 is 2.46 bits per heavy atom. The fourth-order valence-corrected chi connectivity index (χ4v) is 4.73. The largest absolute Gasteiger partial charge is 0.479 e. The van der Waals surface area contributed by atoms with Crippen LogP contribution in [0, 0.1) is 0 Å². The van der Waals surface area contributed by atoms with Crippen LogP contribution in [0.1, 0.15) is 32.4 Å². The lowest BCUT2D eigenvalue weighted by Gasteiger charge is -2.51. The van der Waals surface area contributed by atoms with Gasteiger partial charge in [-0.1, -0.05) is 30.3 Å². The zero-order valence-corrected chi connectivity index (χ0v) is 19.7. The average Bonchev–Trinajstić information content (AvgIpc) is 2.79. The van der Waals surface area contributed by atoms with Gasteiger partial charge in [-0.2, -0.15) is 0 Å². The van der Waals surface area contributed by atoms with E-state index in [0.717, 1.165) is 16.7 Å². The second-order valence-electron chi connectivity index (χ2n) is 8.56. The van der Waals surface area contributed by atoms with E-state index >= 15 is 0 Å². The molecule has 1 aromatic rings. The number of nitrogens with one attached hydrogen (secondary N) is 2. The van der Waals surface area contributed by atoms with Crippen LogP contribution in [0.4, 0.5) is 4.79 Å². The quantitative estimate of drug-likeness (QED) is 0.227. The van der Waals surface area contributed by atoms with Gasteiger partial charge in [0, 0.05) is 10.5 Å². The molecule has 3 N–H and O–H groups in total. The topological polar surface area (TPSA) is 191 Å². The highest BCUT2D eigenvalue weighted by Gasteiger charge is 2.57. The summed E-state index contributed by atoms with van der Waals surface area (Å²) in [7, 11) is 0. The Labute approximate surface area is 203 Å². The highest BCUT2D eigenvalue weighted by molar-refractivity contribution is 8.03. The predicted molar refractivity (Wildman–Crippen MR) is 122 cm³/mol. The van der Waals surface area contributed by atoms with Crippen molar-refractivity contribution in [2.24, 2.45) is 5.11 Å². The Morgan fingerprint density at radius 1 is 1.23 bits per heavy atom. The van der Waals surface area contributed by atoms with Crippen LogP contribution >= 0.6 is 11.8 Å². The van der Waals surface area contributed by atoms with E-state index in [-0.39, 0.29) is 5.57 Å². The van der Waals surface area contributed by atoms with Gasteiger partial charge >= 0.3 is 12.1 Å². The van der Waals surface area contributed by atoms with E-state index in [9.17, 15) is 29.1 Å². The van der Waals surface area contributed by atoms with Crippen molar-refractivity contribution in [3.05, 3.63) is 57.3 Å². The number of aliphatic carboxylic acids is 1. The average molecular weight is 503 g/mol. The second kappa shape index (κ2) is 10.1. The number of rotatable bonds is 6. The molecule has 0 aromatic heterocycles. The van der Waals surface area contributed by atoms with Crippen LogP contribution in [0.15, 0.2) is 46.4 Å². The minimum atomic E-state index is -1.66. The Hall–Kier alpha value is -4.03. The van der Waals surface area contributed by atoms with E-state index in [0.29, 0.717) is 5.56 Å². The molecule has 184 valence electrons. The summed E-state index contributed by atoms with van der Waals surface area (Å²) in [6.45, 7) is 5.00. The lowest BCUT2D eigenvalue weighted by atomic mass is 9.97. The number of carboxylic acid groups (broad SMARTS) is 1. The van der Waals surface area contributed by atoms with Crippen LogP contribution in [0.2, 0.25) is 0 Å². The molecule has 0 bridgehead atoms. The van der Waals surface area contributed by atoms with Crippen LogP contribution in [0.3, 0.4) is 0 Å². The number of azide groups is 1. The molecule has 2 heterocycles. The van der Waals surface area contributed by atoms with Crippen LogP contribution < -0.4 is 10.6 Å². The molecule has 0 aliphatic carbocycles. The van der Waals surface area contributed by atoms with Gasteiger partial charge in [-0.05, 0) is 42.4 Å². The summed E-state index contributed by atoms with van der Waals surface area (Å²) in [6, 6.07) is 4.32. The summed E-state index contributed by atoms with van der Waals surface area (Å²) in [5.74, 6) is -4.06. The molecule has 14 heteroatoms. The number of benzene rings is 1. The van der Waals surface area contributed by atoms with Crippen molar-refractivity contribution < 1.29 is 33.8 Å². The number of ether oxygens (including phenoxy) is 1. The molecule has 1 fully saturated rings. The molecule has 35 heavy (non-hydrogen) atoms. The number of amides is 4. The third kappa shape index (κ3) is 5.55. The van der Waals surface area contributed by atoms with E-state index in [1.54, 1.807) is 51.1 Å². The molecule has 4 atom stereocenters. The minimum absolute atomic E-state index is 0.358. The highest BCUT2D eigenvalue weighted by atomic mass is 32.2. The van der Waals surface area contributed by atoms with Gasteiger partial charge in [-0.25, -0.2) is 9.59 Å². The SMILES string of the molecule is CC(C)(C)OC(=O)NC(C(=O)NC1C(=O)N2C(C(=O)O)C(C(=O)N=[N+]=[N-])=CS[C@H]12)c1ccccc1. The normalized spacial score (nSPS) is 21.8. The molecular weight excluding hydrogens is 480 g/mol. The summed E-state index contributed by atoms with van der Waals surface area (Å²) in [4.78, 5) is 65.4. The van der Waals surface area contributed by atoms with Crippen LogP contribution in [0.25, 0.3) is 10.4 Å². The molecule has 3 rings (SSSR count). The van der Waals surface area contributed by atoms with Gasteiger partial charge in [0.15, 0.2) is 6.04 Å². The Bertz CT molecular complexity index is 1140. The van der Waals surface area contributed by atoms with E-state index in [2.05, 4.69) is 20.7 Å².